The summed E-state index contributed by atoms with van der Waals surface area (Å²) < 4.78 is 0. The molecule has 4 aromatic carbocycles. The molecule has 8 rings (SSSR count). The highest BCUT2D eigenvalue weighted by Crippen LogP contribution is 2.55. The highest BCUT2D eigenvalue weighted by atomic mass is 35.5. The molecule has 0 bridgehead atoms. The fourth-order valence-corrected chi connectivity index (χ4v) is 8.79. The number of hydrogen-bond acceptors (Lipinski definition) is 0. The van der Waals surface area contributed by atoms with Crippen LogP contribution in [0.5, 0.6) is 0 Å². The smallest absolute Gasteiger partial charge is 0.0491 e. The van der Waals surface area contributed by atoms with Gasteiger partial charge >= 0.3 is 0 Å². The third kappa shape index (κ3) is 3.67. The molecule has 0 saturated heterocycles. The van der Waals surface area contributed by atoms with Crippen molar-refractivity contribution >= 4 is 23.2 Å². The molecule has 0 fully saturated rings. The summed E-state index contributed by atoms with van der Waals surface area (Å²) in [5.41, 5.74) is 15.0. The van der Waals surface area contributed by atoms with Gasteiger partial charge < -0.3 is 0 Å². The first-order valence-electron chi connectivity index (χ1n) is 14.5. The fourth-order valence-electron chi connectivity index (χ4n) is 7.73. The first kappa shape index (κ1) is 25.2. The van der Waals surface area contributed by atoms with Gasteiger partial charge in [-0.1, -0.05) is 134 Å². The lowest BCUT2D eigenvalue weighted by Crippen LogP contribution is -2.25. The minimum atomic E-state index is -0.434. The predicted octanol–water partition coefficient (Wildman–Crippen LogP) is 10.9. The molecule has 0 unspecified atom stereocenters. The van der Waals surface area contributed by atoms with Gasteiger partial charge in [0.1, 0.15) is 0 Å². The SMILES string of the molecule is CC(C)(c1c(Cl)c(C2C=CC=C2)cc2c1Cc1ccccc1-2)c1c(Cl)c(C2C=CC=C2)cc2c1Cc1ccccc1-2. The fraction of sp³-hybridized carbons (Fsp3) is 0.179. The van der Waals surface area contributed by atoms with Gasteiger partial charge in [-0.25, -0.2) is 0 Å². The van der Waals surface area contributed by atoms with Crippen molar-refractivity contribution in [2.75, 3.05) is 0 Å². The Balaban J connectivity index is 1.43. The predicted molar refractivity (Wildman–Crippen MR) is 174 cm³/mol. The molecule has 0 amide bonds. The van der Waals surface area contributed by atoms with Crippen LogP contribution in [-0.4, -0.2) is 0 Å². The summed E-state index contributed by atoms with van der Waals surface area (Å²) in [5, 5.41) is 1.74. The molecular weight excluding hydrogens is 539 g/mol. The van der Waals surface area contributed by atoms with Gasteiger partial charge in [0.2, 0.25) is 0 Å². The van der Waals surface area contributed by atoms with Crippen LogP contribution in [0, 0.1) is 0 Å². The average molecular weight is 570 g/mol. The summed E-state index contributed by atoms with van der Waals surface area (Å²) in [6.45, 7) is 4.69. The number of allylic oxidation sites excluding steroid dienone is 8. The van der Waals surface area contributed by atoms with E-state index in [2.05, 4.69) is 123 Å². The molecule has 0 N–H and O–H groups in total. The standard InChI is InChI=1S/C39H30Cl2/c1-39(2,35-33-19-25-15-7-9-17-27(25)31(33)21-29(37(35)40)23-11-3-4-12-23)36-34-20-26-16-8-10-18-28(26)32(34)22-30(38(36)41)24-13-5-6-14-24/h3-18,21-24H,19-20H2,1-2H3. The van der Waals surface area contributed by atoms with Crippen molar-refractivity contribution in [2.24, 2.45) is 0 Å². The second-order valence-electron chi connectivity index (χ2n) is 12.2. The minimum Gasteiger partial charge on any atom is -0.0837 e. The number of fused-ring (bicyclic) bond motifs is 6. The van der Waals surface area contributed by atoms with Gasteiger partial charge in [0.15, 0.2) is 0 Å². The summed E-state index contributed by atoms with van der Waals surface area (Å²) in [6.07, 6.45) is 19.2. The lowest BCUT2D eigenvalue weighted by atomic mass is 9.70. The van der Waals surface area contributed by atoms with Crippen molar-refractivity contribution < 1.29 is 0 Å². The Hall–Kier alpha value is -3.58. The van der Waals surface area contributed by atoms with Crippen molar-refractivity contribution in [3.05, 3.63) is 164 Å². The highest BCUT2D eigenvalue weighted by Gasteiger charge is 2.40. The van der Waals surface area contributed by atoms with Crippen molar-refractivity contribution in [2.45, 2.75) is 43.9 Å². The Bertz CT molecular complexity index is 1730. The molecule has 0 saturated carbocycles. The molecule has 0 radical (unpaired) electrons. The molecule has 41 heavy (non-hydrogen) atoms. The van der Waals surface area contributed by atoms with Crippen LogP contribution < -0.4 is 0 Å². The van der Waals surface area contributed by atoms with E-state index in [4.69, 9.17) is 23.2 Å². The first-order valence-corrected chi connectivity index (χ1v) is 15.3. The van der Waals surface area contributed by atoms with Gasteiger partial charge in [-0.3, -0.25) is 0 Å². The van der Waals surface area contributed by atoms with Gasteiger partial charge in [0.05, 0.1) is 0 Å². The van der Waals surface area contributed by atoms with Crippen molar-refractivity contribution in [3.8, 4) is 22.3 Å². The molecule has 0 atom stereocenters. The maximum Gasteiger partial charge on any atom is 0.0491 e. The van der Waals surface area contributed by atoms with Crippen LogP contribution in [-0.2, 0) is 18.3 Å². The summed E-state index contributed by atoms with van der Waals surface area (Å²) in [4.78, 5) is 0. The second-order valence-corrected chi connectivity index (χ2v) is 13.0. The number of benzene rings is 4. The molecule has 4 aliphatic carbocycles. The Kier molecular flexibility index (Phi) is 5.65. The average Bonchev–Trinajstić information content (AvgIpc) is 3.78. The zero-order valence-corrected chi connectivity index (χ0v) is 24.7. The number of rotatable bonds is 4. The van der Waals surface area contributed by atoms with Gasteiger partial charge in [-0.2, -0.15) is 0 Å². The van der Waals surface area contributed by atoms with Crippen LogP contribution in [0.1, 0.15) is 70.2 Å². The Labute approximate surface area is 252 Å². The molecule has 2 heteroatoms. The minimum absolute atomic E-state index is 0.167. The van der Waals surface area contributed by atoms with Crippen molar-refractivity contribution in [1.82, 2.24) is 0 Å². The monoisotopic (exact) mass is 568 g/mol. The van der Waals surface area contributed by atoms with Crippen LogP contribution >= 0.6 is 23.2 Å². The summed E-state index contributed by atoms with van der Waals surface area (Å²) in [6, 6.07) is 22.3. The lowest BCUT2D eigenvalue weighted by Gasteiger charge is -2.35. The van der Waals surface area contributed by atoms with E-state index in [1.807, 2.05) is 0 Å². The third-order valence-corrected chi connectivity index (χ3v) is 10.4. The first-order chi connectivity index (χ1) is 19.9. The van der Waals surface area contributed by atoms with Crippen LogP contribution in [0.2, 0.25) is 10.0 Å². The number of halogens is 2. The lowest BCUT2D eigenvalue weighted by molar-refractivity contribution is 0.627. The Morgan fingerprint density at radius 3 is 1.37 bits per heavy atom. The molecule has 0 aliphatic heterocycles. The van der Waals surface area contributed by atoms with E-state index < -0.39 is 5.41 Å². The largest absolute Gasteiger partial charge is 0.0837 e. The van der Waals surface area contributed by atoms with Gasteiger partial charge in [0, 0.05) is 27.3 Å². The van der Waals surface area contributed by atoms with Crippen LogP contribution in [0.4, 0.5) is 0 Å². The Morgan fingerprint density at radius 2 is 0.951 bits per heavy atom. The van der Waals surface area contributed by atoms with Gasteiger partial charge in [0.25, 0.3) is 0 Å². The van der Waals surface area contributed by atoms with Gasteiger partial charge in [-0.15, -0.1) is 0 Å². The van der Waals surface area contributed by atoms with E-state index in [0.717, 1.165) is 22.9 Å². The molecular formula is C39H30Cl2. The second kappa shape index (κ2) is 9.21. The van der Waals surface area contributed by atoms with Crippen LogP contribution in [0.15, 0.2) is 109 Å². The summed E-state index contributed by atoms with van der Waals surface area (Å²) in [5.74, 6) is 0.335. The van der Waals surface area contributed by atoms with E-state index in [1.165, 1.54) is 66.8 Å². The molecule has 0 aromatic heterocycles. The zero-order valence-electron chi connectivity index (χ0n) is 23.2. The third-order valence-electron chi connectivity index (χ3n) is 9.61. The molecule has 0 nitrogen and oxygen atoms in total. The van der Waals surface area contributed by atoms with Crippen molar-refractivity contribution in [3.63, 3.8) is 0 Å². The van der Waals surface area contributed by atoms with Gasteiger partial charge in [-0.05, 0) is 91.7 Å². The quantitative estimate of drug-likeness (QED) is 0.198. The summed E-state index contributed by atoms with van der Waals surface area (Å²) in [7, 11) is 0. The van der Waals surface area contributed by atoms with E-state index >= 15 is 0 Å². The van der Waals surface area contributed by atoms with E-state index in [-0.39, 0.29) is 11.8 Å². The topological polar surface area (TPSA) is 0 Å². The molecule has 200 valence electrons. The Morgan fingerprint density at radius 1 is 0.561 bits per heavy atom. The maximum atomic E-state index is 7.58. The zero-order chi connectivity index (χ0) is 27.9. The molecule has 4 aliphatic rings. The van der Waals surface area contributed by atoms with E-state index in [0.29, 0.717) is 0 Å². The van der Waals surface area contributed by atoms with Crippen LogP contribution in [0.3, 0.4) is 0 Å². The normalized spacial score (nSPS) is 16.5. The van der Waals surface area contributed by atoms with Crippen molar-refractivity contribution in [1.29, 1.82) is 0 Å². The van der Waals surface area contributed by atoms with E-state index in [1.54, 1.807) is 0 Å². The van der Waals surface area contributed by atoms with E-state index in [9.17, 15) is 0 Å². The maximum absolute atomic E-state index is 7.58. The summed E-state index contributed by atoms with van der Waals surface area (Å²) >= 11 is 15.2. The van der Waals surface area contributed by atoms with Crippen LogP contribution in [0.25, 0.3) is 22.3 Å². The molecule has 0 spiro atoms. The molecule has 0 heterocycles. The highest BCUT2D eigenvalue weighted by molar-refractivity contribution is 6.34. The molecule has 4 aromatic rings. The number of hydrogen-bond donors (Lipinski definition) is 0.